The lowest BCUT2D eigenvalue weighted by molar-refractivity contribution is -0.763. The van der Waals surface area contributed by atoms with Crippen LogP contribution in [0, 0.1) is 10.1 Å². The highest BCUT2D eigenvalue weighted by Gasteiger charge is 2.20. The average Bonchev–Trinajstić information content (AvgIpc) is 3.72. The Bertz CT molecular complexity index is 2120. The van der Waals surface area contributed by atoms with Gasteiger partial charge in [0.15, 0.2) is 0 Å². The number of ether oxygens (including phenoxy) is 2. The highest BCUT2D eigenvalue weighted by atomic mass is 16.9. The van der Waals surface area contributed by atoms with Gasteiger partial charge in [-0.05, 0) is 52.1 Å². The smallest absolute Gasteiger partial charge is 0.454 e. The largest absolute Gasteiger partial charge is 0.478 e. The van der Waals surface area contributed by atoms with E-state index in [0.717, 1.165) is 21.5 Å². The van der Waals surface area contributed by atoms with Crippen molar-refractivity contribution in [2.75, 3.05) is 6.61 Å². The van der Waals surface area contributed by atoms with Crippen molar-refractivity contribution in [3.63, 3.8) is 0 Å². The Morgan fingerprint density at radius 1 is 0.896 bits per heavy atom. The molecule has 48 heavy (non-hydrogen) atoms. The van der Waals surface area contributed by atoms with Gasteiger partial charge in [-0.25, -0.2) is 9.59 Å². The van der Waals surface area contributed by atoms with E-state index in [4.69, 9.17) is 9.47 Å². The van der Waals surface area contributed by atoms with Crippen molar-refractivity contribution < 1.29 is 34.1 Å². The molecule has 0 unspecified atom stereocenters. The Morgan fingerprint density at radius 3 is 2.31 bits per heavy atom. The average molecular weight is 650 g/mol. The van der Waals surface area contributed by atoms with E-state index in [2.05, 4.69) is 25.2 Å². The Labute approximate surface area is 272 Å². The molecule has 0 aliphatic carbocycles. The zero-order valence-corrected chi connectivity index (χ0v) is 25.4. The second kappa shape index (κ2) is 13.8. The summed E-state index contributed by atoms with van der Waals surface area (Å²) in [4.78, 5) is 45.0. The number of hydrogen-bond acceptors (Lipinski definition) is 11. The summed E-state index contributed by atoms with van der Waals surface area (Å²) in [7, 11) is 0. The Kier molecular flexibility index (Phi) is 9.00. The van der Waals surface area contributed by atoms with Crippen molar-refractivity contribution in [3.8, 4) is 28.5 Å². The van der Waals surface area contributed by atoms with E-state index in [1.807, 2.05) is 49.4 Å². The normalized spacial score (nSPS) is 10.9. The lowest BCUT2D eigenvalue weighted by Gasteiger charge is -2.12. The van der Waals surface area contributed by atoms with Gasteiger partial charge in [0, 0.05) is 5.56 Å². The molecule has 0 amide bonds. The lowest BCUT2D eigenvalue weighted by Crippen LogP contribution is -2.17. The first-order valence-electron chi connectivity index (χ1n) is 14.7. The predicted molar refractivity (Wildman–Crippen MR) is 169 cm³/mol. The molecule has 0 saturated carbocycles. The zero-order valence-electron chi connectivity index (χ0n) is 25.4. The molecule has 6 rings (SSSR count). The minimum absolute atomic E-state index is 0.132. The van der Waals surface area contributed by atoms with Crippen LogP contribution in [0.5, 0.6) is 6.01 Å². The molecule has 0 spiro atoms. The lowest BCUT2D eigenvalue weighted by atomic mass is 9.98. The number of nitrogens with zero attached hydrogens (tertiary/aromatic N) is 7. The molecular weight excluding hydrogens is 622 g/mol. The topological polar surface area (TPSA) is 187 Å². The maximum Gasteiger partial charge on any atom is 0.454 e. The van der Waals surface area contributed by atoms with Gasteiger partial charge in [-0.3, -0.25) is 4.57 Å². The van der Waals surface area contributed by atoms with Crippen LogP contribution in [-0.2, 0) is 29.3 Å². The van der Waals surface area contributed by atoms with E-state index >= 15 is 0 Å². The van der Waals surface area contributed by atoms with Crippen LogP contribution >= 0.6 is 0 Å². The van der Waals surface area contributed by atoms with E-state index in [-0.39, 0.29) is 24.6 Å². The third-order valence-corrected chi connectivity index (χ3v) is 7.38. The van der Waals surface area contributed by atoms with Crippen LogP contribution in [0.2, 0.25) is 0 Å². The molecule has 0 bridgehead atoms. The van der Waals surface area contributed by atoms with Crippen LogP contribution in [0.25, 0.3) is 33.5 Å². The van der Waals surface area contributed by atoms with Gasteiger partial charge < -0.3 is 19.4 Å². The summed E-state index contributed by atoms with van der Waals surface area (Å²) >= 11 is 0. The van der Waals surface area contributed by atoms with Crippen molar-refractivity contribution in [1.29, 1.82) is 0 Å². The number of carboxylic acids is 1. The molecule has 0 saturated heterocycles. The van der Waals surface area contributed by atoms with Crippen LogP contribution in [0.1, 0.15) is 34.0 Å². The molecule has 1 N–H and O–H groups in total. The van der Waals surface area contributed by atoms with Crippen molar-refractivity contribution in [2.45, 2.75) is 26.7 Å². The second-order valence-electron chi connectivity index (χ2n) is 10.4. The Hall–Kier alpha value is -6.64. The number of para-hydroxylation sites is 1. The van der Waals surface area contributed by atoms with Gasteiger partial charge in [0.05, 0.1) is 29.7 Å². The number of carboxylic acid groups (broad SMARTS) is 1. The van der Waals surface area contributed by atoms with Crippen molar-refractivity contribution >= 4 is 23.1 Å². The standard InChI is InChI=1S/C33H27N7O8/c1-2-46-32-34-28-13-7-12-27(31(41)42)29(28)38(32)18-21-14-16-22(17-15-21)25-10-5-6-11-26(25)30-35-37-39(36-30)33(43)47-19-23-8-3-4-9-24(23)20-48-40(44)45/h3-17H,2,18-20H2,1H3,(H,41,42). The fraction of sp³-hybridized carbons (Fsp3) is 0.152. The van der Waals surface area contributed by atoms with Crippen LogP contribution in [0.4, 0.5) is 4.79 Å². The third-order valence-electron chi connectivity index (χ3n) is 7.38. The van der Waals surface area contributed by atoms with Crippen molar-refractivity contribution in [1.82, 2.24) is 29.8 Å². The summed E-state index contributed by atoms with van der Waals surface area (Å²) in [6.07, 6.45) is -0.884. The van der Waals surface area contributed by atoms with Gasteiger partial charge in [0.1, 0.15) is 13.2 Å². The number of carbonyl (C=O) groups is 2. The SMILES string of the molecule is CCOc1nc2cccc(C(=O)O)c2n1Cc1ccc(-c2ccccc2-c2nnn(C(=O)OCc3ccccc3CO[N+](=O)[O-])n2)cc1. The van der Waals surface area contributed by atoms with Gasteiger partial charge in [-0.2, -0.15) is 4.98 Å². The molecule has 0 aliphatic heterocycles. The second-order valence-corrected chi connectivity index (χ2v) is 10.4. The molecule has 6 aromatic rings. The van der Waals surface area contributed by atoms with Crippen LogP contribution in [0.3, 0.4) is 0 Å². The van der Waals surface area contributed by atoms with Gasteiger partial charge in [-0.15, -0.1) is 20.3 Å². The molecule has 0 fully saturated rings. The molecule has 4 aromatic carbocycles. The number of fused-ring (bicyclic) bond motifs is 1. The van der Waals surface area contributed by atoms with Gasteiger partial charge in [0.25, 0.3) is 11.1 Å². The number of rotatable bonds is 12. The molecular formula is C33H27N7O8. The van der Waals surface area contributed by atoms with E-state index < -0.39 is 17.1 Å². The maximum atomic E-state index is 12.8. The van der Waals surface area contributed by atoms with Crippen LogP contribution < -0.4 is 4.74 Å². The predicted octanol–water partition coefficient (Wildman–Crippen LogP) is 5.40. The number of imidazole rings is 1. The number of aromatic nitrogens is 6. The maximum absolute atomic E-state index is 12.8. The minimum atomic E-state index is -1.05. The first-order valence-corrected chi connectivity index (χ1v) is 14.7. The summed E-state index contributed by atoms with van der Waals surface area (Å²) in [6, 6.07) is 27.0. The monoisotopic (exact) mass is 649 g/mol. The number of aromatic carboxylic acids is 1. The first-order chi connectivity index (χ1) is 23.3. The van der Waals surface area contributed by atoms with Crippen molar-refractivity contribution in [3.05, 3.63) is 123 Å². The fourth-order valence-electron chi connectivity index (χ4n) is 5.18. The molecule has 15 heteroatoms. The molecule has 0 radical (unpaired) electrons. The summed E-state index contributed by atoms with van der Waals surface area (Å²) < 4.78 is 12.8. The zero-order chi connectivity index (χ0) is 33.6. The van der Waals surface area contributed by atoms with Gasteiger partial charge >= 0.3 is 12.1 Å². The summed E-state index contributed by atoms with van der Waals surface area (Å²) in [5.74, 6) is -0.861. The summed E-state index contributed by atoms with van der Waals surface area (Å²) in [6.45, 7) is 2.06. The highest BCUT2D eigenvalue weighted by molar-refractivity contribution is 6.01. The first kappa shape index (κ1) is 31.3. The molecule has 0 atom stereocenters. The third kappa shape index (κ3) is 6.64. The molecule has 0 aliphatic rings. The van der Waals surface area contributed by atoms with E-state index in [1.54, 1.807) is 53.1 Å². The summed E-state index contributed by atoms with van der Waals surface area (Å²) in [5, 5.41) is 31.7. The minimum Gasteiger partial charge on any atom is -0.478 e. The van der Waals surface area contributed by atoms with Crippen LogP contribution in [0.15, 0.2) is 91.0 Å². The number of hydrogen-bond donors (Lipinski definition) is 1. The molecule has 15 nitrogen and oxygen atoms in total. The molecule has 242 valence electrons. The van der Waals surface area contributed by atoms with Crippen LogP contribution in [-0.4, -0.2) is 58.6 Å². The fourth-order valence-corrected chi connectivity index (χ4v) is 5.18. The van der Waals surface area contributed by atoms with E-state index in [1.165, 1.54) is 0 Å². The highest BCUT2D eigenvalue weighted by Crippen LogP contribution is 2.31. The summed E-state index contributed by atoms with van der Waals surface area (Å²) in [5.41, 5.74) is 5.29. The Morgan fingerprint density at radius 2 is 1.60 bits per heavy atom. The quantitative estimate of drug-likeness (QED) is 0.132. The Balaban J connectivity index is 1.20. The van der Waals surface area contributed by atoms with E-state index in [9.17, 15) is 24.8 Å². The van der Waals surface area contributed by atoms with E-state index in [0.29, 0.717) is 46.9 Å². The van der Waals surface area contributed by atoms with Gasteiger partial charge in [-0.1, -0.05) is 83.7 Å². The van der Waals surface area contributed by atoms with Gasteiger partial charge in [0.2, 0.25) is 5.82 Å². The number of benzene rings is 4. The van der Waals surface area contributed by atoms with Crippen molar-refractivity contribution in [2.24, 2.45) is 0 Å². The molecule has 2 aromatic heterocycles. The molecule has 2 heterocycles. The number of tetrazole rings is 1. The number of carbonyl (C=O) groups excluding carboxylic acids is 1.